The van der Waals surface area contributed by atoms with Crippen LogP contribution in [0.2, 0.25) is 5.02 Å². The van der Waals surface area contributed by atoms with E-state index in [2.05, 4.69) is 20.8 Å². The van der Waals surface area contributed by atoms with Gasteiger partial charge in [-0.1, -0.05) is 16.8 Å². The van der Waals surface area contributed by atoms with E-state index in [9.17, 15) is 4.79 Å². The van der Waals surface area contributed by atoms with Crippen molar-refractivity contribution >= 4 is 40.7 Å². The molecule has 10 heteroatoms. The van der Waals surface area contributed by atoms with Gasteiger partial charge in [-0.25, -0.2) is 4.79 Å². The molecule has 1 amide bonds. The minimum absolute atomic E-state index is 0.309. The number of cyclic esters (lactones) is 1. The van der Waals surface area contributed by atoms with Crippen LogP contribution in [0.3, 0.4) is 0 Å². The summed E-state index contributed by atoms with van der Waals surface area (Å²) in [7, 11) is 1.72. The number of hydrogen-bond acceptors (Lipinski definition) is 6. The maximum atomic E-state index is 12.1. The Labute approximate surface area is 154 Å². The number of nitrogens with zero attached hydrogens (tertiary/aromatic N) is 3. The van der Waals surface area contributed by atoms with Crippen LogP contribution in [0.15, 0.2) is 22.7 Å². The second kappa shape index (κ2) is 7.24. The Morgan fingerprint density at radius 2 is 2.32 bits per heavy atom. The molecular weight excluding hydrogens is 366 g/mol. The van der Waals surface area contributed by atoms with Crippen LogP contribution >= 0.6 is 23.8 Å². The summed E-state index contributed by atoms with van der Waals surface area (Å²) in [6, 6.07) is 5.17. The minimum Gasteiger partial charge on any atom is -0.442 e. The van der Waals surface area contributed by atoms with E-state index >= 15 is 0 Å². The lowest BCUT2D eigenvalue weighted by molar-refractivity contribution is 0.143. The van der Waals surface area contributed by atoms with E-state index in [1.165, 1.54) is 4.90 Å². The standard InChI is InChI=1S/C15H16ClN5O3S/c1-8-19-13(24-20-8)11-4-3-9(5-12(11)16)21-7-10(23-15(21)22)6-18-14(25)17-2/h3-5,10H,6-7H2,1-2H3,(H2,17,18,25). The number of aryl methyl sites for hydroxylation is 1. The third kappa shape index (κ3) is 3.83. The largest absolute Gasteiger partial charge is 0.442 e. The second-order valence-corrected chi connectivity index (χ2v) is 6.20. The highest BCUT2D eigenvalue weighted by Crippen LogP contribution is 2.32. The zero-order valence-electron chi connectivity index (χ0n) is 13.6. The summed E-state index contributed by atoms with van der Waals surface area (Å²) in [5.74, 6) is 0.855. The molecule has 2 aromatic rings. The zero-order valence-corrected chi connectivity index (χ0v) is 15.1. The first-order chi connectivity index (χ1) is 12.0. The number of thiocarbonyl (C=S) groups is 1. The highest BCUT2D eigenvalue weighted by Gasteiger charge is 2.32. The van der Waals surface area contributed by atoms with Crippen molar-refractivity contribution in [2.24, 2.45) is 0 Å². The molecule has 1 atom stereocenters. The molecule has 1 aliphatic heterocycles. The Hall–Kier alpha value is -2.39. The molecule has 1 unspecified atom stereocenters. The van der Waals surface area contributed by atoms with Crippen LogP contribution in [0.25, 0.3) is 11.5 Å². The number of halogens is 1. The van der Waals surface area contributed by atoms with Crippen molar-refractivity contribution < 1.29 is 14.1 Å². The topological polar surface area (TPSA) is 92.5 Å². The molecule has 1 saturated heterocycles. The summed E-state index contributed by atoms with van der Waals surface area (Å²) < 4.78 is 10.5. The van der Waals surface area contributed by atoms with E-state index in [4.69, 9.17) is 33.1 Å². The molecule has 0 radical (unpaired) electrons. The van der Waals surface area contributed by atoms with Crippen LogP contribution in [0.4, 0.5) is 10.5 Å². The van der Waals surface area contributed by atoms with E-state index in [1.54, 1.807) is 32.2 Å². The Morgan fingerprint density at radius 1 is 1.52 bits per heavy atom. The van der Waals surface area contributed by atoms with Gasteiger partial charge in [0.2, 0.25) is 0 Å². The Morgan fingerprint density at radius 3 is 2.96 bits per heavy atom. The molecule has 132 valence electrons. The first kappa shape index (κ1) is 17.4. The molecule has 0 aliphatic carbocycles. The molecule has 3 rings (SSSR count). The number of ether oxygens (including phenoxy) is 1. The lowest BCUT2D eigenvalue weighted by atomic mass is 10.2. The SMILES string of the molecule is CNC(=S)NCC1CN(c2ccc(-c3nc(C)no3)c(Cl)c2)C(=O)O1. The lowest BCUT2D eigenvalue weighted by Gasteiger charge is -2.14. The number of amides is 1. The van der Waals surface area contributed by atoms with Gasteiger partial charge in [-0.2, -0.15) is 4.98 Å². The fraction of sp³-hybridized carbons (Fsp3) is 0.333. The fourth-order valence-corrected chi connectivity index (χ4v) is 2.72. The molecule has 2 heterocycles. The summed E-state index contributed by atoms with van der Waals surface area (Å²) in [6.45, 7) is 2.55. The molecule has 1 aromatic heterocycles. The number of anilines is 1. The van der Waals surface area contributed by atoms with Crippen LogP contribution in [0, 0.1) is 6.92 Å². The van der Waals surface area contributed by atoms with Gasteiger partial charge in [-0.3, -0.25) is 4.90 Å². The van der Waals surface area contributed by atoms with E-state index in [0.29, 0.717) is 46.2 Å². The van der Waals surface area contributed by atoms with Crippen LogP contribution in [-0.4, -0.2) is 47.6 Å². The maximum absolute atomic E-state index is 12.1. The van der Waals surface area contributed by atoms with Gasteiger partial charge in [0.1, 0.15) is 6.10 Å². The molecule has 1 aromatic carbocycles. The normalized spacial score (nSPS) is 16.7. The van der Waals surface area contributed by atoms with Gasteiger partial charge in [0.15, 0.2) is 10.9 Å². The monoisotopic (exact) mass is 381 g/mol. The molecule has 0 bridgehead atoms. The highest BCUT2D eigenvalue weighted by atomic mass is 35.5. The predicted molar refractivity (Wildman–Crippen MR) is 96.8 cm³/mol. The van der Waals surface area contributed by atoms with E-state index in [-0.39, 0.29) is 6.10 Å². The van der Waals surface area contributed by atoms with E-state index in [1.807, 2.05) is 0 Å². The predicted octanol–water partition coefficient (Wildman–Crippen LogP) is 2.12. The van der Waals surface area contributed by atoms with Crippen molar-refractivity contribution in [2.45, 2.75) is 13.0 Å². The summed E-state index contributed by atoms with van der Waals surface area (Å²) in [5.41, 5.74) is 1.24. The number of aromatic nitrogens is 2. The first-order valence-corrected chi connectivity index (χ1v) is 8.30. The summed E-state index contributed by atoms with van der Waals surface area (Å²) in [4.78, 5) is 17.8. The second-order valence-electron chi connectivity index (χ2n) is 5.39. The molecule has 8 nitrogen and oxygen atoms in total. The van der Waals surface area contributed by atoms with Crippen molar-refractivity contribution in [1.29, 1.82) is 0 Å². The van der Waals surface area contributed by atoms with Gasteiger partial charge in [0.05, 0.1) is 23.7 Å². The van der Waals surface area contributed by atoms with Gasteiger partial charge < -0.3 is 19.9 Å². The lowest BCUT2D eigenvalue weighted by Crippen LogP contribution is -2.39. The number of nitrogens with one attached hydrogen (secondary N) is 2. The molecule has 0 saturated carbocycles. The van der Waals surface area contributed by atoms with Crippen LogP contribution in [0.1, 0.15) is 5.82 Å². The first-order valence-electron chi connectivity index (χ1n) is 7.52. The highest BCUT2D eigenvalue weighted by molar-refractivity contribution is 7.80. The Kier molecular flexibility index (Phi) is 5.05. The number of rotatable bonds is 4. The molecule has 1 fully saturated rings. The quantitative estimate of drug-likeness (QED) is 0.778. The zero-order chi connectivity index (χ0) is 18.0. The summed E-state index contributed by atoms with van der Waals surface area (Å²) >= 11 is 11.3. The molecular formula is C15H16ClN5O3S. The van der Waals surface area contributed by atoms with Gasteiger partial charge in [0.25, 0.3) is 5.89 Å². The van der Waals surface area contributed by atoms with Crippen molar-refractivity contribution in [2.75, 3.05) is 25.0 Å². The van der Waals surface area contributed by atoms with Gasteiger partial charge >= 0.3 is 6.09 Å². The van der Waals surface area contributed by atoms with Crippen LogP contribution in [0.5, 0.6) is 0 Å². The average Bonchev–Trinajstić information content (AvgIpc) is 3.18. The summed E-state index contributed by atoms with van der Waals surface area (Å²) in [5, 5.41) is 10.4. The van der Waals surface area contributed by atoms with Crippen molar-refractivity contribution in [3.63, 3.8) is 0 Å². The smallest absolute Gasteiger partial charge is 0.414 e. The Bertz CT molecular complexity index is 812. The molecule has 25 heavy (non-hydrogen) atoms. The van der Waals surface area contributed by atoms with E-state index in [0.717, 1.165) is 0 Å². The van der Waals surface area contributed by atoms with Crippen molar-refractivity contribution in [3.8, 4) is 11.5 Å². The van der Waals surface area contributed by atoms with Gasteiger partial charge in [-0.15, -0.1) is 0 Å². The van der Waals surface area contributed by atoms with Crippen molar-refractivity contribution in [3.05, 3.63) is 29.0 Å². The number of carbonyl (C=O) groups excluding carboxylic acids is 1. The summed E-state index contributed by atoms with van der Waals surface area (Å²) in [6.07, 6.45) is -0.740. The third-order valence-corrected chi connectivity index (χ3v) is 4.27. The minimum atomic E-state index is -0.431. The maximum Gasteiger partial charge on any atom is 0.414 e. The Balaban J connectivity index is 1.72. The van der Waals surface area contributed by atoms with Crippen LogP contribution in [-0.2, 0) is 4.74 Å². The van der Waals surface area contributed by atoms with Crippen molar-refractivity contribution in [1.82, 2.24) is 20.8 Å². The number of benzene rings is 1. The average molecular weight is 382 g/mol. The number of hydrogen-bond donors (Lipinski definition) is 2. The molecule has 1 aliphatic rings. The fourth-order valence-electron chi connectivity index (χ4n) is 2.39. The molecule has 0 spiro atoms. The molecule has 2 N–H and O–H groups in total. The van der Waals surface area contributed by atoms with Gasteiger partial charge in [0, 0.05) is 12.7 Å². The van der Waals surface area contributed by atoms with Gasteiger partial charge in [-0.05, 0) is 37.3 Å². The van der Waals surface area contributed by atoms with Crippen LogP contribution < -0.4 is 15.5 Å². The third-order valence-electron chi connectivity index (χ3n) is 3.61. The van der Waals surface area contributed by atoms with E-state index < -0.39 is 6.09 Å². The number of carbonyl (C=O) groups is 1.